The quantitative estimate of drug-likeness (QED) is 0.296. The molecule has 3 aromatic carbocycles. The summed E-state index contributed by atoms with van der Waals surface area (Å²) in [7, 11) is 3.82. The number of rotatable bonds is 8. The Kier molecular flexibility index (Phi) is 7.67. The van der Waals surface area contributed by atoms with Crippen LogP contribution in [-0.4, -0.2) is 72.8 Å². The molecular formula is C28H30Cl2N4O2. The van der Waals surface area contributed by atoms with Crippen LogP contribution in [0.15, 0.2) is 60.7 Å². The van der Waals surface area contributed by atoms with Gasteiger partial charge in [0.05, 0.1) is 23.2 Å². The molecule has 6 nitrogen and oxygen atoms in total. The zero-order valence-electron chi connectivity index (χ0n) is 20.6. The summed E-state index contributed by atoms with van der Waals surface area (Å²) < 4.78 is 13.6. The number of nitrogens with zero attached hydrogens (tertiary/aromatic N) is 4. The molecule has 0 spiro atoms. The molecule has 0 atom stereocenters. The van der Waals surface area contributed by atoms with E-state index in [-0.39, 0.29) is 0 Å². The van der Waals surface area contributed by atoms with E-state index in [1.54, 1.807) is 7.11 Å². The maximum Gasteiger partial charge on any atom is 0.142 e. The lowest BCUT2D eigenvalue weighted by molar-refractivity contribution is 0.134. The van der Waals surface area contributed by atoms with Crippen molar-refractivity contribution >= 4 is 34.2 Å². The molecule has 1 aliphatic rings. The number of piperazine rings is 1. The SMILES string of the molecule is COc1ccc2c(c1)nc(-c1ccc(OCCN3CCN(C)CC3)cc1Cl)n2Cc1cccc(Cl)c1. The number of aromatic nitrogens is 2. The average Bonchev–Trinajstić information content (AvgIpc) is 3.22. The van der Waals surface area contributed by atoms with Gasteiger partial charge in [-0.1, -0.05) is 35.3 Å². The highest BCUT2D eigenvalue weighted by atomic mass is 35.5. The van der Waals surface area contributed by atoms with Crippen molar-refractivity contribution in [1.82, 2.24) is 19.4 Å². The number of ether oxygens (including phenoxy) is 2. The van der Waals surface area contributed by atoms with Gasteiger partial charge in [0, 0.05) is 55.9 Å². The monoisotopic (exact) mass is 524 g/mol. The molecule has 0 radical (unpaired) electrons. The topological polar surface area (TPSA) is 42.8 Å². The van der Waals surface area contributed by atoms with Gasteiger partial charge >= 0.3 is 0 Å². The Morgan fingerprint density at radius 2 is 1.72 bits per heavy atom. The number of imidazole rings is 1. The summed E-state index contributed by atoms with van der Waals surface area (Å²) >= 11 is 13.1. The van der Waals surface area contributed by atoms with Crippen molar-refractivity contribution in [3.8, 4) is 22.9 Å². The number of methoxy groups -OCH3 is 1. The molecule has 0 saturated carbocycles. The number of hydrogen-bond acceptors (Lipinski definition) is 5. The first kappa shape index (κ1) is 24.9. The number of likely N-dealkylation sites (N-methyl/N-ethyl adjacent to an activating group) is 1. The molecule has 1 saturated heterocycles. The number of fused-ring (bicyclic) bond motifs is 1. The van der Waals surface area contributed by atoms with E-state index in [0.717, 1.165) is 72.2 Å². The summed E-state index contributed by atoms with van der Waals surface area (Å²) in [6.07, 6.45) is 0. The Morgan fingerprint density at radius 1 is 0.917 bits per heavy atom. The van der Waals surface area contributed by atoms with E-state index >= 15 is 0 Å². The Bertz CT molecular complexity index is 1350. The number of halogens is 2. The van der Waals surface area contributed by atoms with E-state index in [1.807, 2.05) is 54.6 Å². The van der Waals surface area contributed by atoms with E-state index in [4.69, 9.17) is 37.7 Å². The highest BCUT2D eigenvalue weighted by Crippen LogP contribution is 2.34. The molecule has 0 amide bonds. The van der Waals surface area contributed by atoms with E-state index in [1.165, 1.54) is 0 Å². The van der Waals surface area contributed by atoms with Gasteiger partial charge in [-0.25, -0.2) is 4.98 Å². The number of benzene rings is 3. The fraction of sp³-hybridized carbons (Fsp3) is 0.321. The van der Waals surface area contributed by atoms with Crippen LogP contribution in [-0.2, 0) is 6.54 Å². The Hall–Kier alpha value is -2.77. The van der Waals surface area contributed by atoms with Gasteiger partial charge < -0.3 is 18.9 Å². The minimum absolute atomic E-state index is 0.599. The van der Waals surface area contributed by atoms with Gasteiger partial charge in [-0.3, -0.25) is 4.90 Å². The van der Waals surface area contributed by atoms with Gasteiger partial charge in [0.15, 0.2) is 0 Å². The molecule has 0 aliphatic carbocycles. The molecule has 36 heavy (non-hydrogen) atoms. The van der Waals surface area contributed by atoms with Crippen LogP contribution in [0.5, 0.6) is 11.5 Å². The van der Waals surface area contributed by atoms with E-state index in [9.17, 15) is 0 Å². The lowest BCUT2D eigenvalue weighted by atomic mass is 10.1. The first-order chi connectivity index (χ1) is 17.5. The lowest BCUT2D eigenvalue weighted by Crippen LogP contribution is -2.45. The molecule has 1 aromatic heterocycles. The summed E-state index contributed by atoms with van der Waals surface area (Å²) in [6.45, 7) is 6.50. The first-order valence-electron chi connectivity index (χ1n) is 12.1. The predicted octanol–water partition coefficient (Wildman–Crippen LogP) is 5.69. The maximum absolute atomic E-state index is 6.80. The normalized spacial score (nSPS) is 14.9. The smallest absolute Gasteiger partial charge is 0.142 e. The molecule has 8 heteroatoms. The van der Waals surface area contributed by atoms with Crippen LogP contribution < -0.4 is 9.47 Å². The minimum atomic E-state index is 0.599. The van der Waals surface area contributed by atoms with Gasteiger partial charge in [-0.05, 0) is 55.1 Å². The summed E-state index contributed by atoms with van der Waals surface area (Å²) in [5.41, 5.74) is 3.77. The van der Waals surface area contributed by atoms with Crippen molar-refractivity contribution in [2.75, 3.05) is 53.5 Å². The van der Waals surface area contributed by atoms with Crippen LogP contribution in [0, 0.1) is 0 Å². The highest BCUT2D eigenvalue weighted by Gasteiger charge is 2.18. The fourth-order valence-corrected chi connectivity index (χ4v) is 5.02. The average molecular weight is 525 g/mol. The van der Waals surface area contributed by atoms with Gasteiger partial charge in [0.2, 0.25) is 0 Å². The Balaban J connectivity index is 1.40. The van der Waals surface area contributed by atoms with Gasteiger partial charge in [-0.15, -0.1) is 0 Å². The summed E-state index contributed by atoms with van der Waals surface area (Å²) in [5, 5.41) is 1.30. The van der Waals surface area contributed by atoms with Crippen molar-refractivity contribution in [2.45, 2.75) is 6.54 Å². The second-order valence-corrected chi connectivity index (χ2v) is 9.98. The van der Waals surface area contributed by atoms with Crippen molar-refractivity contribution < 1.29 is 9.47 Å². The molecule has 188 valence electrons. The second-order valence-electron chi connectivity index (χ2n) is 9.14. The summed E-state index contributed by atoms with van der Waals surface area (Å²) in [4.78, 5) is 9.73. The zero-order chi connectivity index (χ0) is 25.1. The molecule has 5 rings (SSSR count). The zero-order valence-corrected chi connectivity index (χ0v) is 22.1. The molecule has 2 heterocycles. The Labute approximate surface area is 221 Å². The first-order valence-corrected chi connectivity index (χ1v) is 12.9. The van der Waals surface area contributed by atoms with Crippen LogP contribution in [0.2, 0.25) is 10.0 Å². The van der Waals surface area contributed by atoms with Crippen molar-refractivity contribution in [2.24, 2.45) is 0 Å². The lowest BCUT2D eigenvalue weighted by Gasteiger charge is -2.32. The van der Waals surface area contributed by atoms with Crippen LogP contribution >= 0.6 is 23.2 Å². The third-order valence-electron chi connectivity index (χ3n) is 6.64. The minimum Gasteiger partial charge on any atom is -0.497 e. The standard InChI is InChI=1S/C28H30Cl2N4O2/c1-32-10-12-33(13-11-32)14-15-36-23-6-8-24(25(30)17-23)28-31-26-18-22(35-2)7-9-27(26)34(28)19-20-4-3-5-21(29)16-20/h3-9,16-18H,10-15,19H2,1-2H3. The van der Waals surface area contributed by atoms with Crippen molar-refractivity contribution in [3.63, 3.8) is 0 Å². The largest absolute Gasteiger partial charge is 0.497 e. The summed E-state index contributed by atoms with van der Waals surface area (Å²) in [5.74, 6) is 2.31. The van der Waals surface area contributed by atoms with Crippen LogP contribution in [0.1, 0.15) is 5.56 Å². The van der Waals surface area contributed by atoms with Gasteiger partial charge in [0.1, 0.15) is 23.9 Å². The van der Waals surface area contributed by atoms with Crippen LogP contribution in [0.4, 0.5) is 0 Å². The van der Waals surface area contributed by atoms with Crippen molar-refractivity contribution in [1.29, 1.82) is 0 Å². The molecule has 1 aliphatic heterocycles. The van der Waals surface area contributed by atoms with Crippen molar-refractivity contribution in [3.05, 3.63) is 76.3 Å². The summed E-state index contributed by atoms with van der Waals surface area (Å²) in [6, 6.07) is 19.6. The van der Waals surface area contributed by atoms with Crippen LogP contribution in [0.3, 0.4) is 0 Å². The maximum atomic E-state index is 6.80. The van der Waals surface area contributed by atoms with Gasteiger partial charge in [-0.2, -0.15) is 0 Å². The Morgan fingerprint density at radius 3 is 2.47 bits per heavy atom. The molecule has 4 aromatic rings. The molecule has 0 bridgehead atoms. The second kappa shape index (κ2) is 11.1. The van der Waals surface area contributed by atoms with E-state index in [0.29, 0.717) is 23.2 Å². The molecule has 0 N–H and O–H groups in total. The number of hydrogen-bond donors (Lipinski definition) is 0. The van der Waals surface area contributed by atoms with Gasteiger partial charge in [0.25, 0.3) is 0 Å². The third kappa shape index (κ3) is 5.62. The molecule has 1 fully saturated rings. The predicted molar refractivity (Wildman–Crippen MR) is 147 cm³/mol. The third-order valence-corrected chi connectivity index (χ3v) is 7.19. The molecule has 0 unspecified atom stereocenters. The van der Waals surface area contributed by atoms with E-state index < -0.39 is 0 Å². The molecular weight excluding hydrogens is 495 g/mol. The highest BCUT2D eigenvalue weighted by molar-refractivity contribution is 6.33. The fourth-order valence-electron chi connectivity index (χ4n) is 4.55. The van der Waals surface area contributed by atoms with Crippen LogP contribution in [0.25, 0.3) is 22.4 Å². The van der Waals surface area contributed by atoms with E-state index in [2.05, 4.69) is 27.5 Å².